The Morgan fingerprint density at radius 3 is 1.33 bits per heavy atom. The van der Waals surface area contributed by atoms with Crippen molar-refractivity contribution >= 4 is 12.2 Å². The number of ether oxygens (including phenoxy) is 2. The molecular weight excluding hydrogens is 380 g/mol. The Labute approximate surface area is 179 Å². The van der Waals surface area contributed by atoms with E-state index in [1.165, 1.54) is 0 Å². The normalized spacial score (nSPS) is 10.3. The van der Waals surface area contributed by atoms with Gasteiger partial charge in [0.25, 0.3) is 0 Å². The molecule has 0 aliphatic heterocycles. The van der Waals surface area contributed by atoms with E-state index in [2.05, 4.69) is 10.6 Å². The molecule has 30 heavy (non-hydrogen) atoms. The largest absolute Gasteiger partial charge is 0.450 e. The molecule has 2 aromatic carbocycles. The van der Waals surface area contributed by atoms with Crippen molar-refractivity contribution in [3.63, 3.8) is 0 Å². The molecular formula is C24H32N2O4. The third-order valence-corrected chi connectivity index (χ3v) is 4.56. The highest BCUT2D eigenvalue weighted by molar-refractivity contribution is 5.67. The number of nitrogens with one attached hydrogen (secondary N) is 2. The number of hydrogen-bond acceptors (Lipinski definition) is 4. The maximum Gasteiger partial charge on any atom is 0.407 e. The lowest BCUT2D eigenvalue weighted by Gasteiger charge is -2.08. The SMILES string of the molecule is O=C(NCc1ccccc1)OCCCCCCCCOC(=O)NCc1ccccc1. The molecule has 0 bridgehead atoms. The predicted molar refractivity (Wildman–Crippen MR) is 117 cm³/mol. The summed E-state index contributed by atoms with van der Waals surface area (Å²) in [6, 6.07) is 19.5. The summed E-state index contributed by atoms with van der Waals surface area (Å²) in [5.74, 6) is 0. The molecule has 0 radical (unpaired) electrons. The second-order valence-corrected chi connectivity index (χ2v) is 7.07. The van der Waals surface area contributed by atoms with Crippen molar-refractivity contribution < 1.29 is 19.1 Å². The van der Waals surface area contributed by atoms with E-state index in [0.29, 0.717) is 26.3 Å². The number of unbranched alkanes of at least 4 members (excludes halogenated alkanes) is 5. The summed E-state index contributed by atoms with van der Waals surface area (Å²) in [4.78, 5) is 23.3. The summed E-state index contributed by atoms with van der Waals surface area (Å²) in [7, 11) is 0. The number of amides is 2. The van der Waals surface area contributed by atoms with Crippen molar-refractivity contribution in [2.75, 3.05) is 13.2 Å². The smallest absolute Gasteiger partial charge is 0.407 e. The van der Waals surface area contributed by atoms with Crippen molar-refractivity contribution in [3.8, 4) is 0 Å². The lowest BCUT2D eigenvalue weighted by molar-refractivity contribution is 0.141. The van der Waals surface area contributed by atoms with Gasteiger partial charge in [-0.25, -0.2) is 9.59 Å². The average molecular weight is 413 g/mol. The molecule has 2 rings (SSSR count). The highest BCUT2D eigenvalue weighted by atomic mass is 16.6. The number of benzene rings is 2. The third-order valence-electron chi connectivity index (χ3n) is 4.56. The van der Waals surface area contributed by atoms with Gasteiger partial charge in [0, 0.05) is 13.1 Å². The highest BCUT2D eigenvalue weighted by Gasteiger charge is 2.03. The minimum atomic E-state index is -0.374. The summed E-state index contributed by atoms with van der Waals surface area (Å²) in [5.41, 5.74) is 2.10. The van der Waals surface area contributed by atoms with Gasteiger partial charge in [-0.2, -0.15) is 0 Å². The number of hydrogen-bond donors (Lipinski definition) is 2. The van der Waals surface area contributed by atoms with Crippen LogP contribution in [0.3, 0.4) is 0 Å². The summed E-state index contributed by atoms with van der Waals surface area (Å²) in [5, 5.41) is 5.49. The molecule has 0 aliphatic carbocycles. The van der Waals surface area contributed by atoms with Crippen LogP contribution in [0.15, 0.2) is 60.7 Å². The van der Waals surface area contributed by atoms with Gasteiger partial charge >= 0.3 is 12.2 Å². The molecule has 2 amide bonds. The van der Waals surface area contributed by atoms with E-state index in [1.807, 2.05) is 60.7 Å². The standard InChI is InChI=1S/C24H32N2O4/c27-23(25-19-21-13-7-5-8-14-21)29-17-11-3-1-2-4-12-18-30-24(28)26-20-22-15-9-6-10-16-22/h5-10,13-16H,1-4,11-12,17-20H2,(H,25,27)(H,26,28). The average Bonchev–Trinajstić information content (AvgIpc) is 2.79. The maximum atomic E-state index is 11.6. The summed E-state index contributed by atoms with van der Waals surface area (Å²) in [6.45, 7) is 1.83. The lowest BCUT2D eigenvalue weighted by atomic mass is 10.1. The van der Waals surface area contributed by atoms with E-state index in [0.717, 1.165) is 49.7 Å². The molecule has 6 nitrogen and oxygen atoms in total. The van der Waals surface area contributed by atoms with Gasteiger partial charge in [-0.05, 0) is 24.0 Å². The van der Waals surface area contributed by atoms with Crippen molar-refractivity contribution in [2.24, 2.45) is 0 Å². The third kappa shape index (κ3) is 11.1. The van der Waals surface area contributed by atoms with E-state index < -0.39 is 0 Å². The van der Waals surface area contributed by atoms with E-state index in [4.69, 9.17) is 9.47 Å². The predicted octanol–water partition coefficient (Wildman–Crippen LogP) is 5.18. The van der Waals surface area contributed by atoms with Gasteiger partial charge in [-0.15, -0.1) is 0 Å². The molecule has 0 aliphatic rings. The number of alkyl carbamates (subject to hydrolysis) is 2. The molecule has 0 atom stereocenters. The zero-order valence-corrected chi connectivity index (χ0v) is 17.5. The first-order valence-corrected chi connectivity index (χ1v) is 10.6. The number of rotatable bonds is 13. The molecule has 0 unspecified atom stereocenters. The van der Waals surface area contributed by atoms with Gasteiger partial charge in [0.15, 0.2) is 0 Å². The first kappa shape index (κ1) is 23.3. The minimum Gasteiger partial charge on any atom is -0.450 e. The Morgan fingerprint density at radius 1 is 0.567 bits per heavy atom. The highest BCUT2D eigenvalue weighted by Crippen LogP contribution is 2.06. The number of carbonyl (C=O) groups is 2. The Balaban J connectivity index is 1.34. The van der Waals surface area contributed by atoms with Crippen LogP contribution in [0.1, 0.15) is 49.7 Å². The molecule has 0 saturated heterocycles. The molecule has 6 heteroatoms. The fourth-order valence-electron chi connectivity index (χ4n) is 2.88. The Morgan fingerprint density at radius 2 is 0.933 bits per heavy atom. The monoisotopic (exact) mass is 412 g/mol. The molecule has 2 aromatic rings. The first-order chi connectivity index (χ1) is 14.7. The van der Waals surface area contributed by atoms with E-state index >= 15 is 0 Å². The van der Waals surface area contributed by atoms with Crippen molar-refractivity contribution in [2.45, 2.75) is 51.6 Å². The van der Waals surface area contributed by atoms with E-state index in [-0.39, 0.29) is 12.2 Å². The topological polar surface area (TPSA) is 76.7 Å². The molecule has 0 fully saturated rings. The first-order valence-electron chi connectivity index (χ1n) is 10.6. The van der Waals surface area contributed by atoms with E-state index in [1.54, 1.807) is 0 Å². The van der Waals surface area contributed by atoms with Gasteiger partial charge in [-0.1, -0.05) is 86.3 Å². The molecule has 2 N–H and O–H groups in total. The zero-order valence-electron chi connectivity index (χ0n) is 17.5. The molecule has 0 saturated carbocycles. The molecule has 0 aromatic heterocycles. The fourth-order valence-corrected chi connectivity index (χ4v) is 2.88. The van der Waals surface area contributed by atoms with Crippen LogP contribution in [0.2, 0.25) is 0 Å². The van der Waals surface area contributed by atoms with Gasteiger partial charge in [0.1, 0.15) is 0 Å². The van der Waals surface area contributed by atoms with Crippen LogP contribution >= 0.6 is 0 Å². The Kier molecular flexibility index (Phi) is 11.6. The summed E-state index contributed by atoms with van der Waals surface area (Å²) in [6.07, 6.45) is 5.16. The van der Waals surface area contributed by atoms with Crippen LogP contribution in [0.4, 0.5) is 9.59 Å². The Hall–Kier alpha value is -3.02. The van der Waals surface area contributed by atoms with Crippen molar-refractivity contribution in [1.82, 2.24) is 10.6 Å². The van der Waals surface area contributed by atoms with Gasteiger partial charge < -0.3 is 20.1 Å². The van der Waals surface area contributed by atoms with Crippen LogP contribution in [0.25, 0.3) is 0 Å². The molecule has 0 spiro atoms. The minimum absolute atomic E-state index is 0.374. The van der Waals surface area contributed by atoms with Gasteiger partial charge in [0.2, 0.25) is 0 Å². The van der Waals surface area contributed by atoms with Crippen LogP contribution in [0.5, 0.6) is 0 Å². The lowest BCUT2D eigenvalue weighted by Crippen LogP contribution is -2.24. The second kappa shape index (κ2) is 14.9. The maximum absolute atomic E-state index is 11.6. The number of carbonyl (C=O) groups excluding carboxylic acids is 2. The molecule has 162 valence electrons. The van der Waals surface area contributed by atoms with Gasteiger partial charge in [-0.3, -0.25) is 0 Å². The summed E-state index contributed by atoms with van der Waals surface area (Å²) < 4.78 is 10.4. The van der Waals surface area contributed by atoms with Gasteiger partial charge in [0.05, 0.1) is 13.2 Å². The van der Waals surface area contributed by atoms with Crippen LogP contribution < -0.4 is 10.6 Å². The van der Waals surface area contributed by atoms with Crippen LogP contribution in [-0.2, 0) is 22.6 Å². The van der Waals surface area contributed by atoms with Crippen molar-refractivity contribution in [1.29, 1.82) is 0 Å². The zero-order chi connectivity index (χ0) is 21.3. The fraction of sp³-hybridized carbons (Fsp3) is 0.417. The second-order valence-electron chi connectivity index (χ2n) is 7.07. The van der Waals surface area contributed by atoms with Crippen molar-refractivity contribution in [3.05, 3.63) is 71.8 Å². The molecule has 0 heterocycles. The van der Waals surface area contributed by atoms with E-state index in [9.17, 15) is 9.59 Å². The van der Waals surface area contributed by atoms with Crippen LogP contribution in [-0.4, -0.2) is 25.4 Å². The summed E-state index contributed by atoms with van der Waals surface area (Å²) >= 11 is 0. The quantitative estimate of drug-likeness (QED) is 0.445. The Bertz CT molecular complexity index is 659. The van der Waals surface area contributed by atoms with Crippen LogP contribution in [0, 0.1) is 0 Å².